The van der Waals surface area contributed by atoms with E-state index < -0.39 is 9.84 Å². The van der Waals surface area contributed by atoms with E-state index in [-0.39, 0.29) is 5.25 Å². The van der Waals surface area contributed by atoms with E-state index in [9.17, 15) is 8.42 Å². The molecule has 2 nitrogen and oxygen atoms in total. The summed E-state index contributed by atoms with van der Waals surface area (Å²) in [6.07, 6.45) is 0.726. The molecule has 0 aromatic rings. The van der Waals surface area contributed by atoms with Crippen molar-refractivity contribution in [3.8, 4) is 0 Å². The van der Waals surface area contributed by atoms with Crippen molar-refractivity contribution in [1.29, 1.82) is 0 Å². The molecule has 0 spiro atoms. The maximum atomic E-state index is 10.9. The van der Waals surface area contributed by atoms with Crippen molar-refractivity contribution in [2.24, 2.45) is 5.92 Å². The maximum absolute atomic E-state index is 10.9. The van der Waals surface area contributed by atoms with Crippen LogP contribution in [0, 0.1) is 11.7 Å². The second kappa shape index (κ2) is 1.97. The molecule has 0 aromatic carbocycles. The molecule has 53 valence electrons. The maximum Gasteiger partial charge on any atom is 0.157 e. The first-order chi connectivity index (χ1) is 4.04. The third kappa shape index (κ3) is 1.11. The van der Waals surface area contributed by atoms with Crippen LogP contribution in [0.1, 0.15) is 20.3 Å². The fraction of sp³-hybridized carbons (Fsp3) is 0.833. The third-order valence-electron chi connectivity index (χ3n) is 2.02. The van der Waals surface area contributed by atoms with Gasteiger partial charge in [-0.1, -0.05) is 6.92 Å². The summed E-state index contributed by atoms with van der Waals surface area (Å²) in [7, 11) is -2.80. The van der Waals surface area contributed by atoms with Crippen LogP contribution < -0.4 is 0 Å². The first kappa shape index (κ1) is 7.06. The molecule has 1 aliphatic rings. The largest absolute Gasteiger partial charge is 0.228 e. The molecule has 0 bridgehead atoms. The summed E-state index contributed by atoms with van der Waals surface area (Å²) >= 11 is 0. The van der Waals surface area contributed by atoms with Gasteiger partial charge in [-0.05, 0) is 19.3 Å². The van der Waals surface area contributed by atoms with Gasteiger partial charge in [0.2, 0.25) is 0 Å². The van der Waals surface area contributed by atoms with Crippen LogP contribution in [0.3, 0.4) is 0 Å². The summed E-state index contributed by atoms with van der Waals surface area (Å²) < 4.78 is 21.8. The predicted molar refractivity (Wildman–Crippen MR) is 36.5 cm³/mol. The van der Waals surface area contributed by atoms with Gasteiger partial charge in [0.15, 0.2) is 9.84 Å². The van der Waals surface area contributed by atoms with E-state index in [1.807, 2.05) is 6.92 Å². The second-order valence-corrected chi connectivity index (χ2v) is 4.93. The molecule has 2 unspecified atom stereocenters. The highest BCUT2D eigenvalue weighted by Gasteiger charge is 2.33. The molecule has 0 N–H and O–H groups in total. The van der Waals surface area contributed by atoms with Gasteiger partial charge in [-0.25, -0.2) is 8.42 Å². The van der Waals surface area contributed by atoms with Gasteiger partial charge in [0.25, 0.3) is 0 Å². The van der Waals surface area contributed by atoms with Gasteiger partial charge in [-0.15, -0.1) is 0 Å². The minimum atomic E-state index is -2.80. The van der Waals surface area contributed by atoms with Crippen molar-refractivity contribution in [3.05, 3.63) is 5.75 Å². The van der Waals surface area contributed by atoms with Gasteiger partial charge in [0.1, 0.15) is 0 Å². The van der Waals surface area contributed by atoms with Crippen LogP contribution in [0.2, 0.25) is 0 Å². The average Bonchev–Trinajstić information content (AvgIpc) is 1.97. The normalized spacial score (nSPS) is 41.1. The van der Waals surface area contributed by atoms with E-state index in [2.05, 4.69) is 0 Å². The molecule has 1 rings (SSSR count). The fourth-order valence-electron chi connectivity index (χ4n) is 0.953. The Hall–Kier alpha value is -0.0500. The zero-order valence-electron chi connectivity index (χ0n) is 5.66. The van der Waals surface area contributed by atoms with E-state index in [0.29, 0.717) is 5.92 Å². The third-order valence-corrected chi connectivity index (χ3v) is 4.18. The van der Waals surface area contributed by atoms with Crippen LogP contribution >= 0.6 is 0 Å². The predicted octanol–water partition coefficient (Wildman–Crippen LogP) is 0.991. The zero-order chi connectivity index (χ0) is 7.07. The van der Waals surface area contributed by atoms with Gasteiger partial charge >= 0.3 is 0 Å². The van der Waals surface area contributed by atoms with E-state index in [0.717, 1.165) is 6.42 Å². The van der Waals surface area contributed by atoms with E-state index >= 15 is 0 Å². The summed E-state index contributed by atoms with van der Waals surface area (Å²) in [5.41, 5.74) is 0. The first-order valence-corrected chi connectivity index (χ1v) is 4.72. The topological polar surface area (TPSA) is 34.1 Å². The van der Waals surface area contributed by atoms with Crippen molar-refractivity contribution < 1.29 is 8.42 Å². The lowest BCUT2D eigenvalue weighted by atomic mass is 10.1. The molecule has 0 aromatic heterocycles. The SMILES string of the molecule is CC1C[CH]S(=O)(=O)C1C. The zero-order valence-corrected chi connectivity index (χ0v) is 6.48. The lowest BCUT2D eigenvalue weighted by Gasteiger charge is -2.04. The molecule has 1 saturated heterocycles. The summed E-state index contributed by atoms with van der Waals surface area (Å²) in [6, 6.07) is 0. The van der Waals surface area contributed by atoms with Gasteiger partial charge in [-0.3, -0.25) is 0 Å². The molecule has 1 aliphatic heterocycles. The molecule has 0 saturated carbocycles. The standard InChI is InChI=1S/C6H11O2S/c1-5-3-4-9(7,8)6(5)2/h4-6H,3H2,1-2H3. The van der Waals surface area contributed by atoms with Crippen LogP contribution in [0.25, 0.3) is 0 Å². The monoisotopic (exact) mass is 147 g/mol. The quantitative estimate of drug-likeness (QED) is 0.512. The molecule has 3 heteroatoms. The molecule has 1 radical (unpaired) electrons. The number of hydrogen-bond donors (Lipinski definition) is 0. The molecular weight excluding hydrogens is 136 g/mol. The van der Waals surface area contributed by atoms with Crippen LogP contribution in [0.4, 0.5) is 0 Å². The van der Waals surface area contributed by atoms with Crippen molar-refractivity contribution in [1.82, 2.24) is 0 Å². The Morgan fingerprint density at radius 2 is 2.00 bits per heavy atom. The molecule has 2 atom stereocenters. The van der Waals surface area contributed by atoms with Crippen LogP contribution in [-0.4, -0.2) is 13.7 Å². The first-order valence-electron chi connectivity index (χ1n) is 3.11. The highest BCUT2D eigenvalue weighted by molar-refractivity contribution is 7.94. The lowest BCUT2D eigenvalue weighted by Crippen LogP contribution is -2.14. The van der Waals surface area contributed by atoms with Gasteiger partial charge in [0.05, 0.1) is 11.0 Å². The van der Waals surface area contributed by atoms with Crippen LogP contribution in [0.5, 0.6) is 0 Å². The van der Waals surface area contributed by atoms with Crippen LogP contribution in [0.15, 0.2) is 0 Å². The van der Waals surface area contributed by atoms with Gasteiger partial charge in [-0.2, -0.15) is 0 Å². The van der Waals surface area contributed by atoms with Crippen molar-refractivity contribution in [2.45, 2.75) is 25.5 Å². The van der Waals surface area contributed by atoms with Crippen molar-refractivity contribution in [2.75, 3.05) is 0 Å². The number of sulfone groups is 1. The van der Waals surface area contributed by atoms with E-state index in [1.165, 1.54) is 5.75 Å². The molecular formula is C6H11O2S. The number of rotatable bonds is 0. The van der Waals surface area contributed by atoms with Crippen molar-refractivity contribution in [3.63, 3.8) is 0 Å². The highest BCUT2D eigenvalue weighted by atomic mass is 32.2. The smallest absolute Gasteiger partial charge is 0.157 e. The Bertz CT molecular complexity index is 193. The van der Waals surface area contributed by atoms with Crippen LogP contribution in [-0.2, 0) is 9.84 Å². The van der Waals surface area contributed by atoms with Gasteiger partial charge < -0.3 is 0 Å². The minimum Gasteiger partial charge on any atom is -0.228 e. The van der Waals surface area contributed by atoms with E-state index in [4.69, 9.17) is 0 Å². The summed E-state index contributed by atoms with van der Waals surface area (Å²) in [4.78, 5) is 0. The lowest BCUT2D eigenvalue weighted by molar-refractivity contribution is 0.561. The Kier molecular flexibility index (Phi) is 1.55. The van der Waals surface area contributed by atoms with E-state index in [1.54, 1.807) is 6.92 Å². The summed E-state index contributed by atoms with van der Waals surface area (Å²) in [6.45, 7) is 3.73. The van der Waals surface area contributed by atoms with Gasteiger partial charge in [0, 0.05) is 0 Å². The highest BCUT2D eigenvalue weighted by Crippen LogP contribution is 2.28. The molecule has 1 fully saturated rings. The Morgan fingerprint density at radius 1 is 1.44 bits per heavy atom. The molecule has 1 heterocycles. The summed E-state index contributed by atoms with van der Waals surface area (Å²) in [5.74, 6) is 1.75. The molecule has 0 aliphatic carbocycles. The Balaban J connectivity index is 2.87. The average molecular weight is 147 g/mol. The summed E-state index contributed by atoms with van der Waals surface area (Å²) in [5, 5.41) is -0.155. The number of hydrogen-bond acceptors (Lipinski definition) is 2. The minimum absolute atomic E-state index is 0.155. The Labute approximate surface area is 56.2 Å². The second-order valence-electron chi connectivity index (χ2n) is 2.67. The van der Waals surface area contributed by atoms with Crippen molar-refractivity contribution >= 4 is 9.84 Å². The molecule has 0 amide bonds. The molecule has 9 heavy (non-hydrogen) atoms. The Morgan fingerprint density at radius 3 is 2.11 bits per heavy atom. The fourth-order valence-corrected chi connectivity index (χ4v) is 2.59.